The molecule has 1 aliphatic heterocycles. The van der Waals surface area contributed by atoms with E-state index in [0.717, 1.165) is 32.7 Å². The summed E-state index contributed by atoms with van der Waals surface area (Å²) >= 11 is 0. The third-order valence-electron chi connectivity index (χ3n) is 4.98. The largest absolute Gasteiger partial charge is 0.475 e. The third kappa shape index (κ3) is 7.81. The molecule has 0 bridgehead atoms. The van der Waals surface area contributed by atoms with Gasteiger partial charge in [0.2, 0.25) is 5.88 Å². The first kappa shape index (κ1) is 23.0. The molecule has 0 N–H and O–H groups in total. The third-order valence-corrected chi connectivity index (χ3v) is 4.98. The smallest absolute Gasteiger partial charge is 0.255 e. The number of rotatable bonds is 8. The van der Waals surface area contributed by atoms with E-state index in [1.54, 1.807) is 18.3 Å². The Kier molecular flexibility index (Phi) is 8.20. The lowest BCUT2D eigenvalue weighted by atomic mass is 10.2. The summed E-state index contributed by atoms with van der Waals surface area (Å²) in [7, 11) is 0. The number of carbonyl (C=O) groups is 1. The second-order valence-electron chi connectivity index (χ2n) is 8.60. The molecule has 6 heteroatoms. The van der Waals surface area contributed by atoms with Crippen molar-refractivity contribution in [3.8, 4) is 5.88 Å². The van der Waals surface area contributed by atoms with Gasteiger partial charge < -0.3 is 14.4 Å². The Hall–Kier alpha value is -2.70. The quantitative estimate of drug-likeness (QED) is 0.606. The number of carbonyl (C=O) groups excluding carboxylic acids is 1. The molecule has 0 saturated carbocycles. The predicted molar refractivity (Wildman–Crippen MR) is 123 cm³/mol. The summed E-state index contributed by atoms with van der Waals surface area (Å²) in [5.74, 6) is 0.527. The Morgan fingerprint density at radius 1 is 1.03 bits per heavy atom. The van der Waals surface area contributed by atoms with Crippen molar-refractivity contribution in [2.24, 2.45) is 0 Å². The SMILES string of the molecule is CC(C)(C)OCCOc1ccc(C(=O)N2CCN(C/C=C/c3ccccc3)CC2)cn1. The van der Waals surface area contributed by atoms with Crippen LogP contribution in [0.2, 0.25) is 0 Å². The first-order chi connectivity index (χ1) is 14.9. The van der Waals surface area contributed by atoms with E-state index in [-0.39, 0.29) is 11.5 Å². The van der Waals surface area contributed by atoms with Crippen molar-refractivity contribution in [3.63, 3.8) is 0 Å². The Bertz CT molecular complexity index is 837. The molecule has 1 aliphatic rings. The van der Waals surface area contributed by atoms with Gasteiger partial charge in [-0.1, -0.05) is 42.5 Å². The van der Waals surface area contributed by atoms with E-state index < -0.39 is 0 Å². The van der Waals surface area contributed by atoms with Crippen LogP contribution in [-0.4, -0.2) is 72.2 Å². The maximum absolute atomic E-state index is 12.8. The van der Waals surface area contributed by atoms with Crippen molar-refractivity contribution in [3.05, 3.63) is 65.9 Å². The van der Waals surface area contributed by atoms with E-state index >= 15 is 0 Å². The average molecular weight is 424 g/mol. The molecule has 31 heavy (non-hydrogen) atoms. The number of piperazine rings is 1. The zero-order valence-corrected chi connectivity index (χ0v) is 18.8. The molecule has 1 aromatic carbocycles. The Morgan fingerprint density at radius 3 is 2.42 bits per heavy atom. The van der Waals surface area contributed by atoms with E-state index in [1.165, 1.54) is 5.56 Å². The van der Waals surface area contributed by atoms with Crippen LogP contribution in [0.4, 0.5) is 0 Å². The zero-order valence-electron chi connectivity index (χ0n) is 18.8. The molecular formula is C25H33N3O3. The molecule has 0 aliphatic carbocycles. The summed E-state index contributed by atoms with van der Waals surface area (Å²) < 4.78 is 11.2. The lowest BCUT2D eigenvalue weighted by molar-refractivity contribution is -0.0168. The summed E-state index contributed by atoms with van der Waals surface area (Å²) in [6, 6.07) is 13.8. The van der Waals surface area contributed by atoms with Gasteiger partial charge in [0.1, 0.15) is 6.61 Å². The predicted octanol–water partition coefficient (Wildman–Crippen LogP) is 3.75. The molecule has 1 amide bonds. The number of amides is 1. The van der Waals surface area contributed by atoms with Crippen LogP contribution in [0.1, 0.15) is 36.7 Å². The molecule has 1 aromatic heterocycles. The van der Waals surface area contributed by atoms with Crippen molar-refractivity contribution in [2.75, 3.05) is 45.9 Å². The van der Waals surface area contributed by atoms with Crippen molar-refractivity contribution in [2.45, 2.75) is 26.4 Å². The molecule has 0 radical (unpaired) electrons. The highest BCUT2D eigenvalue weighted by Gasteiger charge is 2.21. The molecule has 1 fully saturated rings. The minimum Gasteiger partial charge on any atom is -0.475 e. The van der Waals surface area contributed by atoms with E-state index in [2.05, 4.69) is 34.2 Å². The Labute approximate surface area is 185 Å². The lowest BCUT2D eigenvalue weighted by Crippen LogP contribution is -2.48. The Balaban J connectivity index is 1.40. The summed E-state index contributed by atoms with van der Waals surface area (Å²) in [5.41, 5.74) is 1.61. The molecular weight excluding hydrogens is 390 g/mol. The van der Waals surface area contributed by atoms with Gasteiger partial charge in [-0.2, -0.15) is 0 Å². The highest BCUT2D eigenvalue weighted by Crippen LogP contribution is 2.13. The maximum Gasteiger partial charge on any atom is 0.255 e. The zero-order chi connectivity index (χ0) is 22.1. The second-order valence-corrected chi connectivity index (χ2v) is 8.60. The standard InChI is InChI=1S/C25H33N3O3/c1-25(2,3)31-19-18-30-23-12-11-22(20-26-23)24(29)28-16-14-27(15-17-28)13-7-10-21-8-5-4-6-9-21/h4-12,20H,13-19H2,1-3H3/b10-7+. The van der Waals surface area contributed by atoms with Gasteiger partial charge in [0.25, 0.3) is 5.91 Å². The molecule has 3 rings (SSSR count). The van der Waals surface area contributed by atoms with Gasteiger partial charge in [0.15, 0.2) is 0 Å². The van der Waals surface area contributed by atoms with Gasteiger partial charge >= 0.3 is 0 Å². The number of hydrogen-bond donors (Lipinski definition) is 0. The number of ether oxygens (including phenoxy) is 2. The normalized spacial score (nSPS) is 15.4. The first-order valence-electron chi connectivity index (χ1n) is 10.9. The van der Waals surface area contributed by atoms with Gasteiger partial charge in [0, 0.05) is 45.0 Å². The summed E-state index contributed by atoms with van der Waals surface area (Å²) in [4.78, 5) is 21.3. The minimum absolute atomic E-state index is 0.0228. The number of hydrogen-bond acceptors (Lipinski definition) is 5. The van der Waals surface area contributed by atoms with Gasteiger partial charge in [-0.3, -0.25) is 9.69 Å². The van der Waals surface area contributed by atoms with E-state index in [1.807, 2.05) is 43.9 Å². The van der Waals surface area contributed by atoms with Crippen molar-refractivity contribution >= 4 is 12.0 Å². The van der Waals surface area contributed by atoms with Crippen molar-refractivity contribution < 1.29 is 14.3 Å². The minimum atomic E-state index is -0.185. The van der Waals surface area contributed by atoms with E-state index in [0.29, 0.717) is 24.7 Å². The van der Waals surface area contributed by atoms with Crippen molar-refractivity contribution in [1.29, 1.82) is 0 Å². The first-order valence-corrected chi connectivity index (χ1v) is 10.9. The van der Waals surface area contributed by atoms with E-state index in [4.69, 9.17) is 9.47 Å². The van der Waals surface area contributed by atoms with E-state index in [9.17, 15) is 4.79 Å². The maximum atomic E-state index is 12.8. The average Bonchev–Trinajstić information content (AvgIpc) is 2.77. The number of nitrogens with zero attached hydrogens (tertiary/aromatic N) is 3. The van der Waals surface area contributed by atoms with Crippen molar-refractivity contribution in [1.82, 2.24) is 14.8 Å². The molecule has 2 aromatic rings. The fourth-order valence-corrected chi connectivity index (χ4v) is 3.30. The number of aromatic nitrogens is 1. The van der Waals surface area contributed by atoms with Crippen LogP contribution in [0.5, 0.6) is 5.88 Å². The van der Waals surface area contributed by atoms with Crippen LogP contribution in [0.3, 0.4) is 0 Å². The van der Waals surface area contributed by atoms with Crippen LogP contribution in [-0.2, 0) is 4.74 Å². The second kappa shape index (κ2) is 11.1. The molecule has 0 unspecified atom stereocenters. The fourth-order valence-electron chi connectivity index (χ4n) is 3.30. The fraction of sp³-hybridized carbons (Fsp3) is 0.440. The highest BCUT2D eigenvalue weighted by molar-refractivity contribution is 5.94. The summed E-state index contributed by atoms with van der Waals surface area (Å²) in [6.45, 7) is 11.0. The monoisotopic (exact) mass is 423 g/mol. The molecule has 1 saturated heterocycles. The van der Waals surface area contributed by atoms with Crippen LogP contribution < -0.4 is 4.74 Å². The van der Waals surface area contributed by atoms with Crippen LogP contribution in [0.25, 0.3) is 6.08 Å². The van der Waals surface area contributed by atoms with Crippen LogP contribution in [0, 0.1) is 0 Å². The molecule has 2 heterocycles. The highest BCUT2D eigenvalue weighted by atomic mass is 16.5. The van der Waals surface area contributed by atoms with Gasteiger partial charge in [-0.05, 0) is 32.4 Å². The van der Waals surface area contributed by atoms with Gasteiger partial charge in [0.05, 0.1) is 17.8 Å². The number of benzene rings is 1. The van der Waals surface area contributed by atoms with Gasteiger partial charge in [-0.15, -0.1) is 0 Å². The lowest BCUT2D eigenvalue weighted by Gasteiger charge is -2.34. The number of pyridine rings is 1. The summed E-state index contributed by atoms with van der Waals surface area (Å²) in [6.07, 6.45) is 5.92. The van der Waals surface area contributed by atoms with Crippen LogP contribution in [0.15, 0.2) is 54.7 Å². The topological polar surface area (TPSA) is 54.9 Å². The molecule has 166 valence electrons. The molecule has 0 spiro atoms. The summed E-state index contributed by atoms with van der Waals surface area (Å²) in [5, 5.41) is 0. The Morgan fingerprint density at radius 2 is 1.77 bits per heavy atom. The molecule has 0 atom stereocenters. The van der Waals surface area contributed by atoms with Gasteiger partial charge in [-0.25, -0.2) is 4.98 Å². The van der Waals surface area contributed by atoms with Crippen LogP contribution >= 0.6 is 0 Å². The molecule has 6 nitrogen and oxygen atoms in total.